The van der Waals surface area contributed by atoms with Crippen LogP contribution in [0.1, 0.15) is 10.6 Å². The molecule has 27 heavy (non-hydrogen) atoms. The summed E-state index contributed by atoms with van der Waals surface area (Å²) in [6.07, 6.45) is 0. The number of nitrogens with one attached hydrogen (secondary N) is 1. The number of fused-ring (bicyclic) bond motifs is 2. The van der Waals surface area contributed by atoms with E-state index < -0.39 is 0 Å². The van der Waals surface area contributed by atoms with E-state index in [1.807, 2.05) is 42.5 Å². The third-order valence-electron chi connectivity index (χ3n) is 4.31. The first-order valence-corrected chi connectivity index (χ1v) is 9.87. The minimum absolute atomic E-state index is 0.192. The molecular weight excluding hydrogens is 382 g/mol. The summed E-state index contributed by atoms with van der Waals surface area (Å²) >= 11 is 7.73. The van der Waals surface area contributed by atoms with Crippen LogP contribution < -0.4 is 9.80 Å². The maximum atomic E-state index is 13.2. The molecule has 0 spiro atoms. The summed E-state index contributed by atoms with van der Waals surface area (Å²) < 4.78 is 6.75. The molecule has 0 aliphatic carbocycles. The van der Waals surface area contributed by atoms with Crippen LogP contribution in [-0.4, -0.2) is 38.1 Å². The Morgan fingerprint density at radius 1 is 1.22 bits per heavy atom. The van der Waals surface area contributed by atoms with Crippen molar-refractivity contribution in [2.24, 2.45) is 0 Å². The Morgan fingerprint density at radius 3 is 2.78 bits per heavy atom. The lowest BCUT2D eigenvalue weighted by atomic mass is 10.2. The summed E-state index contributed by atoms with van der Waals surface area (Å²) in [4.78, 5) is 20.8. The maximum Gasteiger partial charge on any atom is 0.296 e. The zero-order valence-electron chi connectivity index (χ0n) is 15.0. The number of thiazole rings is 1. The zero-order valence-corrected chi connectivity index (χ0v) is 16.6. The number of likely N-dealkylation sites (N-methyl/N-ethyl adjacent to an activating group) is 1. The molecule has 2 aromatic carbocycles. The molecule has 0 saturated heterocycles. The average Bonchev–Trinajstić information content (AvgIpc) is 3.26. The molecule has 1 amide bonds. The molecule has 0 saturated carbocycles. The van der Waals surface area contributed by atoms with Crippen LogP contribution in [0.5, 0.6) is 0 Å². The Morgan fingerprint density at radius 2 is 2.04 bits per heavy atom. The van der Waals surface area contributed by atoms with Crippen molar-refractivity contribution < 1.29 is 14.1 Å². The summed E-state index contributed by atoms with van der Waals surface area (Å²) in [5, 5.41) is 2.13. The van der Waals surface area contributed by atoms with E-state index in [4.69, 9.17) is 16.0 Å². The molecule has 2 aromatic heterocycles. The van der Waals surface area contributed by atoms with Crippen molar-refractivity contribution in [3.8, 4) is 0 Å². The third-order valence-corrected chi connectivity index (χ3v) is 5.65. The number of rotatable bonds is 5. The number of nitrogens with zero attached hydrogens (tertiary/aromatic N) is 2. The van der Waals surface area contributed by atoms with E-state index in [1.54, 1.807) is 11.0 Å². The van der Waals surface area contributed by atoms with Gasteiger partial charge in [-0.15, -0.1) is 0 Å². The molecular formula is C20H19ClN3O2S+. The first-order chi connectivity index (χ1) is 13.0. The summed E-state index contributed by atoms with van der Waals surface area (Å²) in [6, 6.07) is 15.1. The summed E-state index contributed by atoms with van der Waals surface area (Å²) in [5.74, 6) is 0.123. The number of carbonyl (C=O) groups is 1. The van der Waals surface area contributed by atoms with Gasteiger partial charge >= 0.3 is 0 Å². The van der Waals surface area contributed by atoms with Gasteiger partial charge in [-0.05, 0) is 24.3 Å². The van der Waals surface area contributed by atoms with E-state index in [0.717, 1.165) is 22.1 Å². The van der Waals surface area contributed by atoms with Crippen LogP contribution in [0, 0.1) is 0 Å². The van der Waals surface area contributed by atoms with Gasteiger partial charge in [0.25, 0.3) is 5.91 Å². The van der Waals surface area contributed by atoms with Crippen LogP contribution in [0.25, 0.3) is 21.2 Å². The van der Waals surface area contributed by atoms with Crippen LogP contribution in [0.2, 0.25) is 5.02 Å². The van der Waals surface area contributed by atoms with Gasteiger partial charge in [0, 0.05) is 5.39 Å². The van der Waals surface area contributed by atoms with E-state index in [2.05, 4.69) is 19.1 Å². The number of halogens is 1. The minimum Gasteiger partial charge on any atom is -0.451 e. The molecule has 0 fully saturated rings. The molecule has 1 N–H and O–H groups in total. The van der Waals surface area contributed by atoms with E-state index in [-0.39, 0.29) is 5.91 Å². The van der Waals surface area contributed by atoms with E-state index in [9.17, 15) is 4.79 Å². The Bertz CT molecular complexity index is 1090. The Labute approximate surface area is 165 Å². The predicted molar refractivity (Wildman–Crippen MR) is 110 cm³/mol. The van der Waals surface area contributed by atoms with Crippen LogP contribution >= 0.6 is 22.9 Å². The van der Waals surface area contributed by atoms with Gasteiger partial charge in [0.15, 0.2) is 10.9 Å². The van der Waals surface area contributed by atoms with E-state index in [1.165, 1.54) is 16.2 Å². The quantitative estimate of drug-likeness (QED) is 0.558. The van der Waals surface area contributed by atoms with Crippen LogP contribution in [0.3, 0.4) is 0 Å². The molecule has 7 heteroatoms. The molecule has 2 heterocycles. The molecule has 0 aliphatic rings. The highest BCUT2D eigenvalue weighted by Gasteiger charge is 2.25. The number of quaternary nitrogens is 1. The smallest absolute Gasteiger partial charge is 0.296 e. The normalized spacial score (nSPS) is 11.6. The first-order valence-electron chi connectivity index (χ1n) is 8.67. The molecule has 0 radical (unpaired) electrons. The van der Waals surface area contributed by atoms with E-state index >= 15 is 0 Å². The fourth-order valence-corrected chi connectivity index (χ4v) is 4.15. The standard InChI is InChI=1S/C20H18ClN3O2S/c1-23(2)10-11-24(20-22-18-14(21)7-5-9-17(18)27-20)19(25)16-12-13-6-3-4-8-15(13)26-16/h3-9,12H,10-11H2,1-2H3/p+1. The van der Waals surface area contributed by atoms with Gasteiger partial charge in [-0.25, -0.2) is 4.98 Å². The highest BCUT2D eigenvalue weighted by atomic mass is 35.5. The number of hydrogen-bond acceptors (Lipinski definition) is 4. The molecule has 4 aromatic rings. The second kappa shape index (κ2) is 7.31. The Balaban J connectivity index is 1.74. The van der Waals surface area contributed by atoms with Gasteiger partial charge in [0.1, 0.15) is 11.1 Å². The number of carbonyl (C=O) groups excluding carboxylic acids is 1. The van der Waals surface area contributed by atoms with Crippen molar-refractivity contribution in [3.05, 3.63) is 59.3 Å². The van der Waals surface area contributed by atoms with Gasteiger partial charge in [-0.1, -0.05) is 47.2 Å². The van der Waals surface area contributed by atoms with Gasteiger partial charge in [-0.3, -0.25) is 9.69 Å². The van der Waals surface area contributed by atoms with Crippen LogP contribution in [-0.2, 0) is 0 Å². The monoisotopic (exact) mass is 400 g/mol. The predicted octanol–water partition coefficient (Wildman–Crippen LogP) is 3.49. The zero-order chi connectivity index (χ0) is 19.0. The van der Waals surface area contributed by atoms with Crippen LogP contribution in [0.15, 0.2) is 52.9 Å². The number of amides is 1. The molecule has 5 nitrogen and oxygen atoms in total. The van der Waals surface area contributed by atoms with Gasteiger partial charge in [0.2, 0.25) is 0 Å². The summed E-state index contributed by atoms with van der Waals surface area (Å²) in [7, 11) is 4.11. The van der Waals surface area contributed by atoms with Crippen molar-refractivity contribution in [3.63, 3.8) is 0 Å². The fourth-order valence-electron chi connectivity index (χ4n) is 2.86. The summed E-state index contributed by atoms with van der Waals surface area (Å²) in [6.45, 7) is 1.32. The lowest BCUT2D eigenvalue weighted by Crippen LogP contribution is -3.06. The summed E-state index contributed by atoms with van der Waals surface area (Å²) in [5.41, 5.74) is 1.42. The SMILES string of the molecule is C[NH+](C)CCN(C(=O)c1cc2ccccc2o1)c1nc2c(Cl)cccc2s1. The molecule has 0 aliphatic heterocycles. The number of aromatic nitrogens is 1. The van der Waals surface area contributed by atoms with Crippen molar-refractivity contribution in [1.29, 1.82) is 0 Å². The van der Waals surface area contributed by atoms with Gasteiger partial charge in [-0.2, -0.15) is 0 Å². The molecule has 0 atom stereocenters. The van der Waals surface area contributed by atoms with Gasteiger partial charge < -0.3 is 9.32 Å². The number of anilines is 1. The van der Waals surface area contributed by atoms with Crippen molar-refractivity contribution in [2.45, 2.75) is 0 Å². The number of furan rings is 1. The number of hydrogen-bond donors (Lipinski definition) is 1. The molecule has 138 valence electrons. The Kier molecular flexibility index (Phi) is 4.86. The van der Waals surface area contributed by atoms with Crippen molar-refractivity contribution >= 4 is 55.2 Å². The van der Waals surface area contributed by atoms with E-state index in [0.29, 0.717) is 28.0 Å². The Hall–Kier alpha value is -2.41. The minimum atomic E-state index is -0.192. The second-order valence-corrected chi connectivity index (χ2v) is 8.06. The topological polar surface area (TPSA) is 50.8 Å². The highest BCUT2D eigenvalue weighted by molar-refractivity contribution is 7.22. The van der Waals surface area contributed by atoms with Gasteiger partial charge in [0.05, 0.1) is 36.9 Å². The lowest BCUT2D eigenvalue weighted by molar-refractivity contribution is -0.856. The number of para-hydroxylation sites is 2. The van der Waals surface area contributed by atoms with Crippen molar-refractivity contribution in [1.82, 2.24) is 4.98 Å². The fraction of sp³-hybridized carbons (Fsp3) is 0.200. The first kappa shape index (κ1) is 18.0. The molecule has 0 unspecified atom stereocenters. The second-order valence-electron chi connectivity index (χ2n) is 6.65. The van der Waals surface area contributed by atoms with Crippen LogP contribution in [0.4, 0.5) is 5.13 Å². The maximum absolute atomic E-state index is 13.2. The molecule has 0 bridgehead atoms. The highest BCUT2D eigenvalue weighted by Crippen LogP contribution is 2.33. The third kappa shape index (κ3) is 3.56. The molecule has 4 rings (SSSR count). The number of benzene rings is 2. The van der Waals surface area contributed by atoms with Crippen molar-refractivity contribution in [2.75, 3.05) is 32.1 Å². The largest absolute Gasteiger partial charge is 0.451 e. The lowest BCUT2D eigenvalue weighted by Gasteiger charge is -2.19. The average molecular weight is 401 g/mol.